The molecule has 1 aromatic rings. The van der Waals surface area contributed by atoms with Gasteiger partial charge in [0.2, 0.25) is 0 Å². The summed E-state index contributed by atoms with van der Waals surface area (Å²) in [5.41, 5.74) is 6.66. The Bertz CT molecular complexity index is 439. The summed E-state index contributed by atoms with van der Waals surface area (Å²) in [6.45, 7) is 1.95. The van der Waals surface area contributed by atoms with E-state index in [2.05, 4.69) is 9.47 Å². The molecule has 0 aliphatic rings. The Morgan fingerprint density at radius 2 is 1.82 bits per heavy atom. The summed E-state index contributed by atoms with van der Waals surface area (Å²) < 4.78 is 9.34. The molecule has 0 bridgehead atoms. The Morgan fingerprint density at radius 1 is 1.24 bits per heavy atom. The number of ether oxygens (including phenoxy) is 2. The van der Waals surface area contributed by atoms with E-state index in [1.807, 2.05) is 6.92 Å². The summed E-state index contributed by atoms with van der Waals surface area (Å²) in [5, 5.41) is 0.292. The number of rotatable bonds is 4. The van der Waals surface area contributed by atoms with E-state index in [4.69, 9.17) is 5.73 Å². The van der Waals surface area contributed by atoms with Crippen LogP contribution in [-0.2, 0) is 15.9 Å². The maximum Gasteiger partial charge on any atom is 0.348 e. The largest absolute Gasteiger partial charge is 0.465 e. The predicted octanol–water partition coefficient (Wildman–Crippen LogP) is 1.86. The van der Waals surface area contributed by atoms with E-state index in [0.29, 0.717) is 27.4 Å². The number of methoxy groups -OCH3 is 2. The van der Waals surface area contributed by atoms with E-state index < -0.39 is 11.9 Å². The van der Waals surface area contributed by atoms with Gasteiger partial charge in [0.15, 0.2) is 0 Å². The minimum absolute atomic E-state index is 0.291. The van der Waals surface area contributed by atoms with Gasteiger partial charge in [-0.25, -0.2) is 9.59 Å². The number of nitrogen functional groups attached to an aromatic ring is 1. The second kappa shape index (κ2) is 5.67. The summed E-state index contributed by atoms with van der Waals surface area (Å²) in [6.07, 6.45) is 1.38. The molecule has 5 nitrogen and oxygen atoms in total. The topological polar surface area (TPSA) is 78.6 Å². The van der Waals surface area contributed by atoms with Crippen LogP contribution in [0.25, 0.3) is 0 Å². The van der Waals surface area contributed by atoms with Crippen molar-refractivity contribution in [2.45, 2.75) is 19.8 Å². The lowest BCUT2D eigenvalue weighted by Crippen LogP contribution is -2.09. The molecule has 6 heteroatoms. The highest BCUT2D eigenvalue weighted by Crippen LogP contribution is 2.33. The van der Waals surface area contributed by atoms with Crippen LogP contribution in [0.1, 0.15) is 38.9 Å². The van der Waals surface area contributed by atoms with Gasteiger partial charge in [-0.2, -0.15) is 0 Å². The van der Waals surface area contributed by atoms with Crippen molar-refractivity contribution < 1.29 is 19.1 Å². The molecule has 0 atom stereocenters. The first-order valence-electron chi connectivity index (χ1n) is 5.14. The first kappa shape index (κ1) is 13.5. The molecule has 2 N–H and O–H groups in total. The number of hydrogen-bond acceptors (Lipinski definition) is 6. The third kappa shape index (κ3) is 2.58. The van der Waals surface area contributed by atoms with Crippen molar-refractivity contribution in [2.24, 2.45) is 0 Å². The predicted molar refractivity (Wildman–Crippen MR) is 65.4 cm³/mol. The molecule has 1 aromatic heterocycles. The molecule has 1 heterocycles. The number of thiophene rings is 1. The fraction of sp³-hybridized carbons (Fsp3) is 0.455. The van der Waals surface area contributed by atoms with Crippen LogP contribution in [0.4, 0.5) is 5.00 Å². The van der Waals surface area contributed by atoms with Crippen LogP contribution in [0.5, 0.6) is 0 Å². The molecule has 0 aromatic carbocycles. The van der Waals surface area contributed by atoms with Gasteiger partial charge >= 0.3 is 11.9 Å². The van der Waals surface area contributed by atoms with Crippen LogP contribution in [0.15, 0.2) is 0 Å². The van der Waals surface area contributed by atoms with Gasteiger partial charge in [0.05, 0.1) is 19.8 Å². The van der Waals surface area contributed by atoms with Crippen molar-refractivity contribution in [2.75, 3.05) is 20.0 Å². The first-order valence-corrected chi connectivity index (χ1v) is 5.96. The minimum atomic E-state index is -0.516. The number of carbonyl (C=O) groups excluding carboxylic acids is 2. The zero-order chi connectivity index (χ0) is 13.0. The zero-order valence-corrected chi connectivity index (χ0v) is 10.8. The highest BCUT2D eigenvalue weighted by molar-refractivity contribution is 7.18. The van der Waals surface area contributed by atoms with E-state index in [1.165, 1.54) is 14.2 Å². The normalized spacial score (nSPS) is 10.1. The molecule has 17 heavy (non-hydrogen) atoms. The zero-order valence-electron chi connectivity index (χ0n) is 10.0. The summed E-state index contributed by atoms with van der Waals surface area (Å²) >= 11 is 1.06. The molecule has 1 rings (SSSR count). The van der Waals surface area contributed by atoms with Crippen LogP contribution in [0.3, 0.4) is 0 Å². The fourth-order valence-electron chi connectivity index (χ4n) is 1.56. The van der Waals surface area contributed by atoms with Gasteiger partial charge in [0.1, 0.15) is 9.88 Å². The van der Waals surface area contributed by atoms with E-state index >= 15 is 0 Å². The second-order valence-corrected chi connectivity index (χ2v) is 4.43. The van der Waals surface area contributed by atoms with Crippen molar-refractivity contribution in [3.63, 3.8) is 0 Å². The molecule has 0 saturated carbocycles. The lowest BCUT2D eigenvalue weighted by molar-refractivity contribution is 0.0601. The highest BCUT2D eigenvalue weighted by atomic mass is 32.1. The first-order chi connectivity index (χ1) is 8.06. The van der Waals surface area contributed by atoms with E-state index in [9.17, 15) is 9.59 Å². The van der Waals surface area contributed by atoms with Gasteiger partial charge in [-0.3, -0.25) is 0 Å². The maximum absolute atomic E-state index is 11.6. The smallest absolute Gasteiger partial charge is 0.348 e. The van der Waals surface area contributed by atoms with Crippen molar-refractivity contribution in [1.82, 2.24) is 0 Å². The third-order valence-corrected chi connectivity index (χ3v) is 3.34. The number of esters is 2. The standard InChI is InChI=1S/C11H15NO4S/c1-4-5-6-7(10(13)15-2)9(12)17-8(6)11(14)16-3/h4-5,12H2,1-3H3. The van der Waals surface area contributed by atoms with Crippen LogP contribution in [0, 0.1) is 0 Å². The van der Waals surface area contributed by atoms with Gasteiger partial charge in [0, 0.05) is 0 Å². The van der Waals surface area contributed by atoms with Gasteiger partial charge in [-0.05, 0) is 12.0 Å². The molecule has 0 aliphatic carbocycles. The Hall–Kier alpha value is -1.56. The van der Waals surface area contributed by atoms with Crippen LogP contribution >= 0.6 is 11.3 Å². The summed E-state index contributed by atoms with van der Waals surface area (Å²) in [7, 11) is 2.58. The Morgan fingerprint density at radius 3 is 2.29 bits per heavy atom. The summed E-state index contributed by atoms with van der Waals surface area (Å²) in [4.78, 5) is 23.6. The minimum Gasteiger partial charge on any atom is -0.465 e. The van der Waals surface area contributed by atoms with Gasteiger partial charge in [-0.15, -0.1) is 11.3 Å². The molecular formula is C11H15NO4S. The fourth-order valence-corrected chi connectivity index (χ4v) is 2.58. The molecule has 0 unspecified atom stereocenters. The highest BCUT2D eigenvalue weighted by Gasteiger charge is 2.26. The lowest BCUT2D eigenvalue weighted by Gasteiger charge is -2.04. The molecule has 0 saturated heterocycles. The molecular weight excluding hydrogens is 242 g/mol. The van der Waals surface area contributed by atoms with Crippen LogP contribution < -0.4 is 5.73 Å². The monoisotopic (exact) mass is 257 g/mol. The molecule has 0 amide bonds. The van der Waals surface area contributed by atoms with Crippen LogP contribution in [-0.4, -0.2) is 26.2 Å². The molecule has 94 valence electrons. The van der Waals surface area contributed by atoms with Gasteiger partial charge in [0.25, 0.3) is 0 Å². The van der Waals surface area contributed by atoms with E-state index in [1.54, 1.807) is 0 Å². The Kier molecular flexibility index (Phi) is 4.51. The Labute approximate surface area is 104 Å². The van der Waals surface area contributed by atoms with Gasteiger partial charge in [-0.1, -0.05) is 13.3 Å². The molecule has 0 fully saturated rings. The lowest BCUT2D eigenvalue weighted by atomic mass is 10.1. The van der Waals surface area contributed by atoms with Crippen molar-refractivity contribution in [3.05, 3.63) is 16.0 Å². The molecule has 0 radical (unpaired) electrons. The average Bonchev–Trinajstić information content (AvgIpc) is 2.65. The number of hydrogen-bond donors (Lipinski definition) is 1. The van der Waals surface area contributed by atoms with E-state index in [0.717, 1.165) is 17.8 Å². The maximum atomic E-state index is 11.6. The number of carbonyl (C=O) groups is 2. The van der Waals surface area contributed by atoms with Crippen molar-refractivity contribution >= 4 is 28.3 Å². The molecule has 0 spiro atoms. The SMILES string of the molecule is CCCc1c(C(=O)OC)sc(N)c1C(=O)OC. The number of anilines is 1. The second-order valence-electron chi connectivity index (χ2n) is 3.38. The van der Waals surface area contributed by atoms with Gasteiger partial charge < -0.3 is 15.2 Å². The number of nitrogens with two attached hydrogens (primary N) is 1. The third-order valence-electron chi connectivity index (χ3n) is 2.29. The quantitative estimate of drug-likeness (QED) is 0.833. The van der Waals surface area contributed by atoms with Crippen molar-refractivity contribution in [1.29, 1.82) is 0 Å². The van der Waals surface area contributed by atoms with Crippen LogP contribution in [0.2, 0.25) is 0 Å². The van der Waals surface area contributed by atoms with Crippen molar-refractivity contribution in [3.8, 4) is 0 Å². The van der Waals surface area contributed by atoms with E-state index in [-0.39, 0.29) is 0 Å². The Balaban J connectivity index is 3.33. The summed E-state index contributed by atoms with van der Waals surface area (Å²) in [5.74, 6) is -0.988. The summed E-state index contributed by atoms with van der Waals surface area (Å²) in [6, 6.07) is 0. The average molecular weight is 257 g/mol. The molecule has 0 aliphatic heterocycles.